The summed E-state index contributed by atoms with van der Waals surface area (Å²) in [5, 5.41) is 9.97. The molecule has 0 heterocycles. The van der Waals surface area contributed by atoms with Crippen LogP contribution in [-0.2, 0) is 14.3 Å². The molecule has 4 nitrogen and oxygen atoms in total. The van der Waals surface area contributed by atoms with Gasteiger partial charge in [0.2, 0.25) is 0 Å². The van der Waals surface area contributed by atoms with E-state index in [0.717, 1.165) is 0 Å². The summed E-state index contributed by atoms with van der Waals surface area (Å²) in [7, 11) is -1.81. The molecule has 0 amide bonds. The molecule has 0 saturated carbocycles. The van der Waals surface area contributed by atoms with E-state index in [1.807, 2.05) is 0 Å². The third-order valence-electron chi connectivity index (χ3n) is 3.61. The van der Waals surface area contributed by atoms with Gasteiger partial charge in [0, 0.05) is 6.42 Å². The number of esters is 1. The van der Waals surface area contributed by atoms with E-state index >= 15 is 0 Å². The fourth-order valence-corrected chi connectivity index (χ4v) is 2.23. The number of hydrogen-bond donors (Lipinski definition) is 1. The van der Waals surface area contributed by atoms with Gasteiger partial charge in [0.05, 0.1) is 0 Å². The van der Waals surface area contributed by atoms with E-state index in [1.165, 1.54) is 0 Å². The van der Waals surface area contributed by atoms with Crippen LogP contribution in [0.1, 0.15) is 54.4 Å². The van der Waals surface area contributed by atoms with Gasteiger partial charge in [-0.15, -0.1) is 5.54 Å². The molecule has 0 unspecified atom stereocenters. The summed E-state index contributed by atoms with van der Waals surface area (Å²) >= 11 is 0. The van der Waals surface area contributed by atoms with E-state index in [4.69, 9.17) is 4.74 Å². The summed E-state index contributed by atoms with van der Waals surface area (Å²) in [6.45, 7) is 15.9. The fraction of sp³-hybridized carbons (Fsp3) is 0.765. The highest BCUT2D eigenvalue weighted by Gasteiger charge is 2.33. The summed E-state index contributed by atoms with van der Waals surface area (Å²) in [5.41, 5.74) is 2.55. The third-order valence-corrected chi connectivity index (χ3v) is 8.13. The molecule has 5 heteroatoms. The van der Waals surface area contributed by atoms with Crippen molar-refractivity contribution in [2.45, 2.75) is 84.2 Å². The molecule has 0 rings (SSSR count). The lowest BCUT2D eigenvalue weighted by molar-refractivity contribution is -0.156. The second kappa shape index (κ2) is 7.43. The zero-order chi connectivity index (χ0) is 17.8. The molecule has 0 spiro atoms. The molecule has 0 aromatic rings. The Hall–Kier alpha value is -1.12. The molecule has 1 N–H and O–H groups in total. The maximum absolute atomic E-state index is 11.8. The molecule has 1 atom stereocenters. The van der Waals surface area contributed by atoms with Gasteiger partial charge in [0.15, 0.2) is 0 Å². The molecule has 0 aromatic carbocycles. The highest BCUT2D eigenvalue weighted by atomic mass is 28.3. The molecular formula is C17H30O4Si. The van der Waals surface area contributed by atoms with Crippen molar-refractivity contribution in [1.82, 2.24) is 0 Å². The molecular weight excluding hydrogens is 296 g/mol. The van der Waals surface area contributed by atoms with Crippen LogP contribution in [-0.4, -0.2) is 36.6 Å². The lowest BCUT2D eigenvalue weighted by Crippen LogP contribution is -2.36. The average molecular weight is 327 g/mol. The predicted octanol–water partition coefficient (Wildman–Crippen LogP) is 3.09. The molecule has 22 heavy (non-hydrogen) atoms. The molecule has 0 aliphatic carbocycles. The Morgan fingerprint density at radius 3 is 2.05 bits per heavy atom. The molecule has 0 saturated heterocycles. The Labute approximate surface area is 135 Å². The maximum atomic E-state index is 11.8. The quantitative estimate of drug-likeness (QED) is 0.373. The third kappa shape index (κ3) is 8.35. The van der Waals surface area contributed by atoms with Crippen LogP contribution in [0.4, 0.5) is 0 Å². The average Bonchev–Trinajstić information content (AvgIpc) is 2.21. The number of hydrogen-bond acceptors (Lipinski definition) is 4. The Morgan fingerprint density at radius 2 is 1.64 bits per heavy atom. The van der Waals surface area contributed by atoms with Gasteiger partial charge in [0.25, 0.3) is 0 Å². The Balaban J connectivity index is 4.55. The number of ketones is 1. The maximum Gasteiger partial charge on any atom is 0.313 e. The first-order valence-electron chi connectivity index (χ1n) is 7.58. The van der Waals surface area contributed by atoms with Crippen molar-refractivity contribution in [1.29, 1.82) is 0 Å². The van der Waals surface area contributed by atoms with E-state index in [9.17, 15) is 14.7 Å². The van der Waals surface area contributed by atoms with Gasteiger partial charge >= 0.3 is 5.97 Å². The normalized spacial score (nSPS) is 13.9. The number of carbonyl (C=O) groups is 2. The van der Waals surface area contributed by atoms with Crippen molar-refractivity contribution in [3.05, 3.63) is 0 Å². The van der Waals surface area contributed by atoms with Gasteiger partial charge in [-0.1, -0.05) is 39.8 Å². The summed E-state index contributed by atoms with van der Waals surface area (Å²) in [4.78, 5) is 23.3. The summed E-state index contributed by atoms with van der Waals surface area (Å²) in [6.07, 6.45) is -1.49. The first kappa shape index (κ1) is 20.9. The van der Waals surface area contributed by atoms with Gasteiger partial charge in [-0.05, 0) is 25.8 Å². The van der Waals surface area contributed by atoms with E-state index in [-0.39, 0.29) is 23.7 Å². The van der Waals surface area contributed by atoms with Crippen molar-refractivity contribution < 1.29 is 19.4 Å². The molecule has 0 aliphatic rings. The number of aliphatic hydroxyl groups excluding tert-OH is 1. The van der Waals surface area contributed by atoms with Crippen LogP contribution in [0.15, 0.2) is 0 Å². The minimum atomic E-state index is -1.81. The highest BCUT2D eigenvalue weighted by molar-refractivity contribution is 6.87. The van der Waals surface area contributed by atoms with E-state index in [2.05, 4.69) is 45.3 Å². The zero-order valence-electron chi connectivity index (χ0n) is 15.2. The number of rotatable bonds is 4. The van der Waals surface area contributed by atoms with E-state index in [1.54, 1.807) is 20.8 Å². The Kier molecular flexibility index (Phi) is 7.05. The smallest absolute Gasteiger partial charge is 0.313 e. The topological polar surface area (TPSA) is 63.6 Å². The molecule has 0 aliphatic heterocycles. The predicted molar refractivity (Wildman–Crippen MR) is 91.1 cm³/mol. The second-order valence-corrected chi connectivity index (χ2v) is 13.2. The van der Waals surface area contributed by atoms with Crippen LogP contribution < -0.4 is 0 Å². The summed E-state index contributed by atoms with van der Waals surface area (Å²) in [5.74, 6) is 1.85. The second-order valence-electron chi connectivity index (χ2n) is 8.17. The molecule has 0 fully saturated rings. The van der Waals surface area contributed by atoms with E-state index in [0.29, 0.717) is 0 Å². The first-order valence-corrected chi connectivity index (χ1v) is 10.6. The lowest BCUT2D eigenvalue weighted by Gasteiger charge is -2.31. The number of carbonyl (C=O) groups excluding carboxylic acids is 2. The van der Waals surface area contributed by atoms with Crippen molar-refractivity contribution in [3.8, 4) is 11.5 Å². The van der Waals surface area contributed by atoms with Crippen LogP contribution >= 0.6 is 0 Å². The first-order chi connectivity index (χ1) is 9.64. The lowest BCUT2D eigenvalue weighted by atomic mass is 10.1. The van der Waals surface area contributed by atoms with Crippen molar-refractivity contribution in [3.63, 3.8) is 0 Å². The largest absolute Gasteiger partial charge is 0.460 e. The number of Topliss-reactive ketones (excluding diaryl/α,β-unsaturated/α-hetero) is 1. The van der Waals surface area contributed by atoms with Gasteiger partial charge in [-0.2, -0.15) is 0 Å². The van der Waals surface area contributed by atoms with Gasteiger partial charge < -0.3 is 9.84 Å². The molecule has 0 radical (unpaired) electrons. The van der Waals surface area contributed by atoms with Gasteiger partial charge in [-0.3, -0.25) is 9.59 Å². The fourth-order valence-electron chi connectivity index (χ4n) is 1.33. The minimum absolute atomic E-state index is 0.0975. The van der Waals surface area contributed by atoms with Gasteiger partial charge in [-0.25, -0.2) is 0 Å². The zero-order valence-corrected chi connectivity index (χ0v) is 16.2. The number of ether oxygens (including phenoxy) is 1. The molecule has 126 valence electrons. The monoisotopic (exact) mass is 326 g/mol. The molecule has 0 aromatic heterocycles. The standard InChI is InChI=1S/C17H30O4Si/c1-16(2,3)21-15(20)12-14(19)11-13(18)9-10-22(7,8)17(4,5)6/h13,18H,11-12H2,1-8H3/t13-/m1/s1. The van der Waals surface area contributed by atoms with Crippen molar-refractivity contribution in [2.24, 2.45) is 0 Å². The minimum Gasteiger partial charge on any atom is -0.460 e. The van der Waals surface area contributed by atoms with Crippen LogP contribution in [0, 0.1) is 11.5 Å². The Bertz CT molecular complexity index is 470. The number of aliphatic hydroxyl groups is 1. The van der Waals surface area contributed by atoms with Crippen LogP contribution in [0.5, 0.6) is 0 Å². The van der Waals surface area contributed by atoms with Crippen LogP contribution in [0.2, 0.25) is 18.1 Å². The van der Waals surface area contributed by atoms with Crippen LogP contribution in [0.3, 0.4) is 0 Å². The Morgan fingerprint density at radius 1 is 1.14 bits per heavy atom. The van der Waals surface area contributed by atoms with E-state index < -0.39 is 25.7 Å². The van der Waals surface area contributed by atoms with Gasteiger partial charge in [0.1, 0.15) is 32.0 Å². The summed E-state index contributed by atoms with van der Waals surface area (Å²) in [6, 6.07) is 0. The van der Waals surface area contributed by atoms with Crippen molar-refractivity contribution in [2.75, 3.05) is 0 Å². The SMILES string of the molecule is CC(C)(C)OC(=O)CC(=O)C[C@H](O)C#C[Si](C)(C)C(C)(C)C. The molecule has 0 bridgehead atoms. The van der Waals surface area contributed by atoms with Crippen LogP contribution in [0.25, 0.3) is 0 Å². The van der Waals surface area contributed by atoms with Crippen molar-refractivity contribution >= 4 is 19.8 Å². The summed E-state index contributed by atoms with van der Waals surface area (Å²) < 4.78 is 5.08. The highest BCUT2D eigenvalue weighted by Crippen LogP contribution is 2.35.